The van der Waals surface area contributed by atoms with Crippen LogP contribution in [-0.4, -0.2) is 33.6 Å². The molecule has 0 aliphatic heterocycles. The molecule has 0 saturated heterocycles. The van der Waals surface area contributed by atoms with Crippen molar-refractivity contribution in [2.45, 2.75) is 58.5 Å². The fourth-order valence-electron chi connectivity index (χ4n) is 4.07. The number of rotatable bonds is 7. The predicted molar refractivity (Wildman–Crippen MR) is 119 cm³/mol. The molecule has 1 saturated carbocycles. The van der Waals surface area contributed by atoms with Gasteiger partial charge in [-0.25, -0.2) is 0 Å². The molecule has 1 fully saturated rings. The fraction of sp³-hybridized carbons (Fsp3) is 0.400. The molecule has 0 N–H and O–H groups in total. The Morgan fingerprint density at radius 2 is 1.87 bits per heavy atom. The molecule has 31 heavy (non-hydrogen) atoms. The first kappa shape index (κ1) is 21.1. The van der Waals surface area contributed by atoms with Crippen molar-refractivity contribution in [1.82, 2.24) is 15.0 Å². The predicted octanol–water partition coefficient (Wildman–Crippen LogP) is 5.09. The number of carbonyl (C=O) groups is 1. The molecule has 0 bridgehead atoms. The molecule has 1 aliphatic carbocycles. The van der Waals surface area contributed by atoms with Gasteiger partial charge in [0.2, 0.25) is 11.7 Å². The second-order valence-electron chi connectivity index (χ2n) is 8.25. The molecule has 162 valence electrons. The van der Waals surface area contributed by atoms with E-state index in [1.54, 1.807) is 0 Å². The van der Waals surface area contributed by atoms with Crippen LogP contribution in [0.5, 0.6) is 5.75 Å². The lowest BCUT2D eigenvalue weighted by Gasteiger charge is -2.33. The van der Waals surface area contributed by atoms with Gasteiger partial charge in [0, 0.05) is 11.6 Å². The van der Waals surface area contributed by atoms with Crippen LogP contribution in [0.4, 0.5) is 0 Å². The van der Waals surface area contributed by atoms with E-state index in [4.69, 9.17) is 9.26 Å². The summed E-state index contributed by atoms with van der Waals surface area (Å²) in [6, 6.07) is 15.9. The largest absolute Gasteiger partial charge is 0.483 e. The van der Waals surface area contributed by atoms with Gasteiger partial charge in [0.25, 0.3) is 5.91 Å². The molecular formula is C25H29N3O3. The lowest BCUT2D eigenvalue weighted by atomic mass is 9.94. The van der Waals surface area contributed by atoms with Gasteiger partial charge in [0.15, 0.2) is 6.61 Å². The quantitative estimate of drug-likeness (QED) is 0.533. The molecule has 2 aromatic carbocycles. The lowest BCUT2D eigenvalue weighted by molar-refractivity contribution is -0.137. The van der Waals surface area contributed by atoms with Crippen LogP contribution in [-0.2, 0) is 11.3 Å². The molecule has 0 unspecified atom stereocenters. The van der Waals surface area contributed by atoms with Crippen LogP contribution in [0.1, 0.15) is 49.1 Å². The Morgan fingerprint density at radius 3 is 2.65 bits per heavy atom. The maximum Gasteiger partial charge on any atom is 0.261 e. The van der Waals surface area contributed by atoms with Crippen molar-refractivity contribution in [2.24, 2.45) is 0 Å². The summed E-state index contributed by atoms with van der Waals surface area (Å²) in [6.07, 6.45) is 5.47. The van der Waals surface area contributed by atoms with E-state index in [-0.39, 0.29) is 18.6 Å². The van der Waals surface area contributed by atoms with Crippen molar-refractivity contribution in [3.63, 3.8) is 0 Å². The highest BCUT2D eigenvalue weighted by atomic mass is 16.5. The van der Waals surface area contributed by atoms with Crippen molar-refractivity contribution < 1.29 is 14.1 Å². The summed E-state index contributed by atoms with van der Waals surface area (Å²) < 4.78 is 11.4. The molecule has 1 aliphatic rings. The molecule has 1 amide bonds. The average Bonchev–Trinajstić information content (AvgIpc) is 3.28. The van der Waals surface area contributed by atoms with E-state index in [9.17, 15) is 4.79 Å². The maximum absolute atomic E-state index is 13.2. The third kappa shape index (κ3) is 5.32. The highest BCUT2D eigenvalue weighted by Crippen LogP contribution is 2.25. The Balaban J connectivity index is 1.48. The van der Waals surface area contributed by atoms with Crippen LogP contribution in [0.15, 0.2) is 53.1 Å². The number of carbonyl (C=O) groups excluding carboxylic acids is 1. The number of aryl methyl sites for hydroxylation is 2. The zero-order valence-corrected chi connectivity index (χ0v) is 18.2. The Kier molecular flexibility index (Phi) is 6.65. The number of hydrogen-bond acceptors (Lipinski definition) is 5. The van der Waals surface area contributed by atoms with Gasteiger partial charge < -0.3 is 14.2 Å². The van der Waals surface area contributed by atoms with Gasteiger partial charge in [-0.2, -0.15) is 4.98 Å². The third-order valence-corrected chi connectivity index (χ3v) is 5.84. The summed E-state index contributed by atoms with van der Waals surface area (Å²) >= 11 is 0. The van der Waals surface area contributed by atoms with Crippen molar-refractivity contribution in [3.8, 4) is 17.1 Å². The van der Waals surface area contributed by atoms with Crippen LogP contribution < -0.4 is 4.74 Å². The van der Waals surface area contributed by atoms with Gasteiger partial charge in [-0.3, -0.25) is 4.79 Å². The van der Waals surface area contributed by atoms with Crippen LogP contribution in [0, 0.1) is 13.8 Å². The first-order chi connectivity index (χ1) is 15.1. The first-order valence-corrected chi connectivity index (χ1v) is 11.0. The molecular weight excluding hydrogens is 390 g/mol. The summed E-state index contributed by atoms with van der Waals surface area (Å²) in [5, 5.41) is 4.10. The van der Waals surface area contributed by atoms with Crippen molar-refractivity contribution in [3.05, 3.63) is 65.5 Å². The lowest BCUT2D eigenvalue weighted by Crippen LogP contribution is -2.43. The van der Waals surface area contributed by atoms with Crippen LogP contribution in [0.25, 0.3) is 11.4 Å². The first-order valence-electron chi connectivity index (χ1n) is 11.0. The third-order valence-electron chi connectivity index (χ3n) is 5.84. The number of aromatic nitrogens is 2. The van der Waals surface area contributed by atoms with Gasteiger partial charge in [-0.15, -0.1) is 0 Å². The monoisotopic (exact) mass is 419 g/mol. The maximum atomic E-state index is 13.2. The van der Waals surface area contributed by atoms with Crippen molar-refractivity contribution >= 4 is 5.91 Å². The van der Waals surface area contributed by atoms with E-state index in [1.807, 2.05) is 67.3 Å². The fourth-order valence-corrected chi connectivity index (χ4v) is 4.07. The van der Waals surface area contributed by atoms with Crippen LogP contribution >= 0.6 is 0 Å². The Morgan fingerprint density at radius 1 is 1.10 bits per heavy atom. The standard InChI is InChI=1S/C25H29N3O3/c1-18-13-14-19(2)22(15-18)30-17-24(29)28(21-11-7-4-8-12-21)16-23-26-25(27-31-23)20-9-5-3-6-10-20/h3,5-6,9-10,13-15,21H,4,7-8,11-12,16-17H2,1-2H3. The number of nitrogens with zero attached hydrogens (tertiary/aromatic N) is 3. The van der Waals surface area contributed by atoms with E-state index in [0.717, 1.165) is 48.1 Å². The molecule has 6 heteroatoms. The Labute approximate surface area is 183 Å². The minimum Gasteiger partial charge on any atom is -0.483 e. The smallest absolute Gasteiger partial charge is 0.261 e. The van der Waals surface area contributed by atoms with E-state index in [2.05, 4.69) is 10.1 Å². The van der Waals surface area contributed by atoms with E-state index in [0.29, 0.717) is 18.3 Å². The zero-order chi connectivity index (χ0) is 21.6. The summed E-state index contributed by atoms with van der Waals surface area (Å²) in [5.74, 6) is 1.69. The highest BCUT2D eigenvalue weighted by Gasteiger charge is 2.28. The second-order valence-corrected chi connectivity index (χ2v) is 8.25. The number of ether oxygens (including phenoxy) is 1. The minimum absolute atomic E-state index is 0.000469. The second kappa shape index (κ2) is 9.77. The van der Waals surface area contributed by atoms with E-state index in [1.165, 1.54) is 6.42 Å². The molecule has 4 rings (SSSR count). The van der Waals surface area contributed by atoms with Gasteiger partial charge in [-0.05, 0) is 43.9 Å². The van der Waals surface area contributed by atoms with Crippen molar-refractivity contribution in [2.75, 3.05) is 6.61 Å². The zero-order valence-electron chi connectivity index (χ0n) is 18.2. The van der Waals surface area contributed by atoms with E-state index < -0.39 is 0 Å². The molecule has 1 aromatic heterocycles. The topological polar surface area (TPSA) is 68.5 Å². The Hall–Kier alpha value is -3.15. The number of hydrogen-bond donors (Lipinski definition) is 0. The van der Waals surface area contributed by atoms with Crippen molar-refractivity contribution in [1.29, 1.82) is 0 Å². The van der Waals surface area contributed by atoms with E-state index >= 15 is 0 Å². The molecule has 3 aromatic rings. The van der Waals surface area contributed by atoms with Gasteiger partial charge in [-0.1, -0.05) is 66.9 Å². The number of benzene rings is 2. The van der Waals surface area contributed by atoms with Crippen LogP contribution in [0.3, 0.4) is 0 Å². The van der Waals surface area contributed by atoms with Gasteiger partial charge >= 0.3 is 0 Å². The molecule has 0 radical (unpaired) electrons. The molecule has 0 spiro atoms. The molecule has 6 nitrogen and oxygen atoms in total. The Bertz CT molecular complexity index is 1010. The summed E-state index contributed by atoms with van der Waals surface area (Å²) in [6.45, 7) is 4.31. The molecule has 0 atom stereocenters. The molecule has 1 heterocycles. The number of amides is 1. The van der Waals surface area contributed by atoms with Crippen LogP contribution in [0.2, 0.25) is 0 Å². The van der Waals surface area contributed by atoms with Gasteiger partial charge in [0.05, 0.1) is 0 Å². The SMILES string of the molecule is Cc1ccc(C)c(OCC(=O)N(Cc2nc(-c3ccccc3)no2)C2CCCCC2)c1. The highest BCUT2D eigenvalue weighted by molar-refractivity contribution is 5.78. The summed E-state index contributed by atoms with van der Waals surface area (Å²) in [5.41, 5.74) is 3.02. The summed E-state index contributed by atoms with van der Waals surface area (Å²) in [4.78, 5) is 19.6. The summed E-state index contributed by atoms with van der Waals surface area (Å²) in [7, 11) is 0. The minimum atomic E-state index is -0.0488. The normalized spacial score (nSPS) is 14.4. The van der Waals surface area contributed by atoms with Gasteiger partial charge in [0.1, 0.15) is 12.3 Å². The average molecular weight is 420 g/mol.